The van der Waals surface area contributed by atoms with Gasteiger partial charge in [0.15, 0.2) is 5.60 Å². The Morgan fingerprint density at radius 3 is 1.64 bits per heavy atom. The SMILES string of the molecule is CC(=O)C[C@](O)(c1ccccc1)C(F)(F)C(F)(F)C(F)(F)C(F)(F)F. The van der Waals surface area contributed by atoms with Crippen LogP contribution in [0.1, 0.15) is 18.9 Å². The lowest BCUT2D eigenvalue weighted by molar-refractivity contribution is -0.418. The summed E-state index contributed by atoms with van der Waals surface area (Å²) >= 11 is 0. The van der Waals surface area contributed by atoms with Crippen molar-refractivity contribution in [3.63, 3.8) is 0 Å². The molecule has 1 aromatic carbocycles. The third kappa shape index (κ3) is 3.21. The van der Waals surface area contributed by atoms with Crippen LogP contribution in [0.25, 0.3) is 0 Å². The zero-order valence-electron chi connectivity index (χ0n) is 12.4. The highest BCUT2D eigenvalue weighted by Gasteiger charge is 2.85. The normalized spacial score (nSPS) is 16.4. The number of hydrogen-bond donors (Lipinski definition) is 1. The second-order valence-corrected chi connectivity index (χ2v) is 5.33. The molecule has 0 saturated carbocycles. The number of rotatable bonds is 6. The number of hydrogen-bond acceptors (Lipinski definition) is 2. The maximum atomic E-state index is 14.2. The molecule has 0 amide bonds. The lowest BCUT2D eigenvalue weighted by atomic mass is 9.78. The van der Waals surface area contributed by atoms with E-state index in [4.69, 9.17) is 0 Å². The number of halogens is 9. The summed E-state index contributed by atoms with van der Waals surface area (Å²) in [7, 11) is 0. The van der Waals surface area contributed by atoms with Gasteiger partial charge in [0, 0.05) is 6.42 Å². The van der Waals surface area contributed by atoms with E-state index >= 15 is 0 Å². The Labute approximate surface area is 135 Å². The molecule has 0 radical (unpaired) electrons. The molecule has 1 aromatic rings. The summed E-state index contributed by atoms with van der Waals surface area (Å²) in [6.07, 6.45) is -8.83. The molecule has 0 unspecified atom stereocenters. The van der Waals surface area contributed by atoms with Crippen LogP contribution < -0.4 is 0 Å². The summed E-state index contributed by atoms with van der Waals surface area (Å²) in [5, 5.41) is 9.99. The van der Waals surface area contributed by atoms with Crippen LogP contribution in [0.5, 0.6) is 0 Å². The number of Topliss-reactive ketones (excluding diaryl/α,β-unsaturated/α-hetero) is 1. The maximum absolute atomic E-state index is 14.2. The van der Waals surface area contributed by atoms with Crippen LogP contribution in [-0.2, 0) is 10.4 Å². The fourth-order valence-corrected chi connectivity index (χ4v) is 2.10. The van der Waals surface area contributed by atoms with Crippen molar-refractivity contribution in [3.05, 3.63) is 35.9 Å². The Balaban J connectivity index is 3.65. The molecule has 0 bridgehead atoms. The first-order valence-corrected chi connectivity index (χ1v) is 6.50. The second kappa shape index (κ2) is 6.19. The third-order valence-electron chi connectivity index (χ3n) is 3.42. The lowest BCUT2D eigenvalue weighted by Crippen LogP contribution is -2.67. The van der Waals surface area contributed by atoms with Crippen molar-refractivity contribution in [2.24, 2.45) is 0 Å². The van der Waals surface area contributed by atoms with Crippen LogP contribution in [0.3, 0.4) is 0 Å². The van der Waals surface area contributed by atoms with E-state index in [-0.39, 0.29) is 0 Å². The van der Waals surface area contributed by atoms with Crippen molar-refractivity contribution < 1.29 is 49.4 Å². The zero-order chi connectivity index (χ0) is 19.9. The molecule has 0 fully saturated rings. The van der Waals surface area contributed by atoms with Gasteiger partial charge in [-0.3, -0.25) is 4.79 Å². The van der Waals surface area contributed by atoms with Crippen LogP contribution in [0.15, 0.2) is 30.3 Å². The van der Waals surface area contributed by atoms with Crippen molar-refractivity contribution in [2.45, 2.75) is 42.9 Å². The minimum atomic E-state index is -7.16. The van der Waals surface area contributed by atoms with Gasteiger partial charge in [0.2, 0.25) is 0 Å². The number of carbonyl (C=O) groups excluding carboxylic acids is 1. The Hall–Kier alpha value is -1.78. The molecule has 142 valence electrons. The zero-order valence-corrected chi connectivity index (χ0v) is 12.4. The fraction of sp³-hybridized carbons (Fsp3) is 0.500. The minimum Gasteiger partial charge on any atom is -0.378 e. The molecule has 0 spiro atoms. The highest BCUT2D eigenvalue weighted by atomic mass is 19.4. The van der Waals surface area contributed by atoms with Crippen LogP contribution in [-0.4, -0.2) is 34.8 Å². The van der Waals surface area contributed by atoms with Gasteiger partial charge in [-0.1, -0.05) is 30.3 Å². The summed E-state index contributed by atoms with van der Waals surface area (Å²) < 4.78 is 118. The molecule has 0 saturated heterocycles. The summed E-state index contributed by atoms with van der Waals surface area (Å²) in [6, 6.07) is 4.25. The van der Waals surface area contributed by atoms with E-state index in [2.05, 4.69) is 0 Å². The van der Waals surface area contributed by atoms with E-state index in [0.29, 0.717) is 19.1 Å². The minimum absolute atomic E-state index is 0.573. The molecule has 0 heterocycles. The van der Waals surface area contributed by atoms with Crippen LogP contribution >= 0.6 is 0 Å². The molecule has 25 heavy (non-hydrogen) atoms. The van der Waals surface area contributed by atoms with E-state index in [1.165, 1.54) is 6.07 Å². The van der Waals surface area contributed by atoms with Crippen LogP contribution in [0, 0.1) is 0 Å². The first kappa shape index (κ1) is 21.3. The van der Waals surface area contributed by atoms with E-state index in [0.717, 1.165) is 12.1 Å². The van der Waals surface area contributed by atoms with Crippen LogP contribution in [0.4, 0.5) is 39.5 Å². The topological polar surface area (TPSA) is 37.3 Å². The lowest BCUT2D eigenvalue weighted by Gasteiger charge is -2.42. The van der Waals surface area contributed by atoms with Crippen molar-refractivity contribution in [1.29, 1.82) is 0 Å². The van der Waals surface area contributed by atoms with Crippen molar-refractivity contribution in [1.82, 2.24) is 0 Å². The van der Waals surface area contributed by atoms with Crippen LogP contribution in [0.2, 0.25) is 0 Å². The monoisotopic (exact) mass is 382 g/mol. The van der Waals surface area contributed by atoms with Gasteiger partial charge in [-0.15, -0.1) is 0 Å². The van der Waals surface area contributed by atoms with Gasteiger partial charge in [0.05, 0.1) is 0 Å². The van der Waals surface area contributed by atoms with Crippen molar-refractivity contribution in [2.75, 3.05) is 0 Å². The Morgan fingerprint density at radius 2 is 1.28 bits per heavy atom. The number of benzene rings is 1. The van der Waals surface area contributed by atoms with Gasteiger partial charge in [0.25, 0.3) is 0 Å². The largest absolute Gasteiger partial charge is 0.460 e. The van der Waals surface area contributed by atoms with Gasteiger partial charge in [-0.05, 0) is 12.5 Å². The van der Waals surface area contributed by atoms with Crippen molar-refractivity contribution in [3.8, 4) is 0 Å². The number of alkyl halides is 9. The van der Waals surface area contributed by atoms with Gasteiger partial charge in [0.1, 0.15) is 5.78 Å². The molecule has 1 N–H and O–H groups in total. The molecule has 0 aliphatic heterocycles. The number of carbonyl (C=O) groups is 1. The highest BCUT2D eigenvalue weighted by molar-refractivity contribution is 5.77. The first-order chi connectivity index (χ1) is 11.0. The maximum Gasteiger partial charge on any atom is 0.460 e. The van der Waals surface area contributed by atoms with Crippen molar-refractivity contribution >= 4 is 5.78 Å². The molecule has 0 aromatic heterocycles. The Morgan fingerprint density at radius 1 is 0.840 bits per heavy atom. The number of ketones is 1. The molecular weight excluding hydrogens is 371 g/mol. The third-order valence-corrected chi connectivity index (χ3v) is 3.42. The van der Waals surface area contributed by atoms with Gasteiger partial charge >= 0.3 is 23.9 Å². The Bertz CT molecular complexity index is 625. The average molecular weight is 382 g/mol. The molecule has 2 nitrogen and oxygen atoms in total. The predicted octanol–water partition coefficient (Wildman–Crippen LogP) is 4.32. The molecule has 1 atom stereocenters. The smallest absolute Gasteiger partial charge is 0.378 e. The highest BCUT2D eigenvalue weighted by Crippen LogP contribution is 2.58. The standard InChI is InChI=1S/C14H11F9O2/c1-8(24)7-10(25,9-5-3-2-4-6-9)11(15,16)12(17,18)13(19,20)14(21,22)23/h2-6,25H,7H2,1H3/t10-/m0/s1. The molecule has 11 heteroatoms. The fourth-order valence-electron chi connectivity index (χ4n) is 2.10. The summed E-state index contributed by atoms with van der Waals surface area (Å²) in [6.45, 7) is 0.573. The first-order valence-electron chi connectivity index (χ1n) is 6.50. The predicted molar refractivity (Wildman–Crippen MR) is 66.5 cm³/mol. The van der Waals surface area contributed by atoms with E-state index < -0.39 is 47.3 Å². The van der Waals surface area contributed by atoms with Gasteiger partial charge in [-0.25, -0.2) is 0 Å². The van der Waals surface area contributed by atoms with Gasteiger partial charge < -0.3 is 5.11 Å². The molecule has 0 aliphatic carbocycles. The molecule has 1 rings (SSSR count). The second-order valence-electron chi connectivity index (χ2n) is 5.33. The summed E-state index contributed by atoms with van der Waals surface area (Å²) in [5.74, 6) is -21.9. The van der Waals surface area contributed by atoms with E-state index in [1.807, 2.05) is 0 Å². The quantitative estimate of drug-likeness (QED) is 0.744. The average Bonchev–Trinajstić information content (AvgIpc) is 2.45. The van der Waals surface area contributed by atoms with E-state index in [9.17, 15) is 49.4 Å². The number of aliphatic hydroxyl groups is 1. The van der Waals surface area contributed by atoms with E-state index in [1.54, 1.807) is 0 Å². The summed E-state index contributed by atoms with van der Waals surface area (Å²) in [5.41, 5.74) is -5.41. The molecular formula is C14H11F9O2. The Kier molecular flexibility index (Phi) is 5.26. The molecule has 0 aliphatic rings. The summed E-state index contributed by atoms with van der Waals surface area (Å²) in [4.78, 5) is 11.1. The van der Waals surface area contributed by atoms with Gasteiger partial charge in [-0.2, -0.15) is 39.5 Å².